The second-order valence-electron chi connectivity index (χ2n) is 7.06. The van der Waals surface area contributed by atoms with E-state index in [0.717, 1.165) is 28.9 Å². The van der Waals surface area contributed by atoms with E-state index in [0.29, 0.717) is 30.9 Å². The first-order valence-corrected chi connectivity index (χ1v) is 9.48. The number of fused-ring (bicyclic) bond motifs is 1. The Morgan fingerprint density at radius 3 is 2.73 bits per heavy atom. The molecule has 3 unspecified atom stereocenters. The fourth-order valence-electron chi connectivity index (χ4n) is 3.95. The van der Waals surface area contributed by atoms with Crippen molar-refractivity contribution in [2.75, 3.05) is 13.2 Å². The van der Waals surface area contributed by atoms with Gasteiger partial charge in [0, 0.05) is 24.8 Å². The van der Waals surface area contributed by atoms with Crippen molar-refractivity contribution in [3.8, 4) is 5.75 Å². The summed E-state index contributed by atoms with van der Waals surface area (Å²) in [7, 11) is 0. The smallest absolute Gasteiger partial charge is 0.141 e. The van der Waals surface area contributed by atoms with Crippen LogP contribution in [-0.2, 0) is 17.6 Å². The molecule has 2 N–H and O–H groups in total. The summed E-state index contributed by atoms with van der Waals surface area (Å²) >= 11 is 6.64. The topological polar surface area (TPSA) is 58.9 Å². The van der Waals surface area contributed by atoms with E-state index in [1.54, 1.807) is 0 Å². The maximum Gasteiger partial charge on any atom is 0.141 e. The van der Waals surface area contributed by atoms with E-state index < -0.39 is 6.10 Å². The van der Waals surface area contributed by atoms with Crippen LogP contribution in [0.1, 0.15) is 41.2 Å². The van der Waals surface area contributed by atoms with Crippen molar-refractivity contribution in [3.63, 3.8) is 0 Å². The fraction of sp³-hybridized carbons (Fsp3) is 0.429. The average Bonchev–Trinajstić information content (AvgIpc) is 3.14. The number of benzene rings is 2. The molecule has 2 aliphatic heterocycles. The largest absolute Gasteiger partial charge is 0.491 e. The number of hydrogen-bond acceptors (Lipinski definition) is 4. The zero-order valence-electron chi connectivity index (χ0n) is 14.5. The highest BCUT2D eigenvalue weighted by atomic mass is 35.5. The summed E-state index contributed by atoms with van der Waals surface area (Å²) in [6, 6.07) is 12.3. The third kappa shape index (κ3) is 3.47. The van der Waals surface area contributed by atoms with Gasteiger partial charge in [0.1, 0.15) is 5.75 Å². The molecule has 1 fully saturated rings. The summed E-state index contributed by atoms with van der Waals surface area (Å²) in [5.41, 5.74) is 4.28. The van der Waals surface area contributed by atoms with E-state index in [1.807, 2.05) is 18.2 Å². The van der Waals surface area contributed by atoms with Gasteiger partial charge >= 0.3 is 0 Å². The standard InChI is InChI=1S/C21H23ClO4/c22-20-14(8-13-4-2-1-3-5-13)9-18(17-6-7-25-21(17)20)19-11-15(24)10-16(12-23)26-19/h1-5,9,15-16,19,23-24H,6-8,10-12H2. The summed E-state index contributed by atoms with van der Waals surface area (Å²) < 4.78 is 11.9. The zero-order valence-corrected chi connectivity index (χ0v) is 15.3. The molecule has 2 aromatic rings. The lowest BCUT2D eigenvalue weighted by atomic mass is 9.90. The van der Waals surface area contributed by atoms with Gasteiger partial charge in [-0.15, -0.1) is 0 Å². The molecular weight excluding hydrogens is 352 g/mol. The average molecular weight is 375 g/mol. The van der Waals surface area contributed by atoms with Gasteiger partial charge in [-0.3, -0.25) is 0 Å². The van der Waals surface area contributed by atoms with Crippen LogP contribution in [-0.4, -0.2) is 35.6 Å². The van der Waals surface area contributed by atoms with Crippen LogP contribution in [0.2, 0.25) is 5.02 Å². The lowest BCUT2D eigenvalue weighted by Crippen LogP contribution is -2.33. The molecule has 4 rings (SSSR count). The highest BCUT2D eigenvalue weighted by Crippen LogP contribution is 2.44. The number of ether oxygens (including phenoxy) is 2. The molecule has 2 aliphatic rings. The van der Waals surface area contributed by atoms with Crippen molar-refractivity contribution < 1.29 is 19.7 Å². The van der Waals surface area contributed by atoms with Gasteiger partial charge in [0.05, 0.1) is 36.5 Å². The Labute approximate surface area is 158 Å². The third-order valence-electron chi connectivity index (χ3n) is 5.20. The molecule has 4 nitrogen and oxygen atoms in total. The summed E-state index contributed by atoms with van der Waals surface area (Å²) in [6.45, 7) is 0.520. The van der Waals surface area contributed by atoms with E-state index in [2.05, 4.69) is 18.2 Å². The fourth-order valence-corrected chi connectivity index (χ4v) is 4.24. The molecule has 2 aromatic carbocycles. The predicted molar refractivity (Wildman–Crippen MR) is 99.8 cm³/mol. The number of rotatable bonds is 4. The molecule has 0 bridgehead atoms. The molecule has 0 radical (unpaired) electrons. The van der Waals surface area contributed by atoms with E-state index in [1.165, 1.54) is 5.56 Å². The quantitative estimate of drug-likeness (QED) is 0.860. The molecule has 0 aliphatic carbocycles. The lowest BCUT2D eigenvalue weighted by molar-refractivity contribution is -0.114. The Kier molecular flexibility index (Phi) is 5.18. The second-order valence-corrected chi connectivity index (χ2v) is 7.44. The van der Waals surface area contributed by atoms with Crippen molar-refractivity contribution in [2.45, 2.75) is 44.0 Å². The Balaban J connectivity index is 1.72. The Hall–Kier alpha value is -1.59. The SMILES string of the molecule is OCC1CC(O)CC(c2cc(Cc3ccccc3)c(Cl)c3c2CCO3)O1. The van der Waals surface area contributed by atoms with Gasteiger partial charge in [0.25, 0.3) is 0 Å². The molecule has 0 saturated carbocycles. The minimum Gasteiger partial charge on any atom is -0.491 e. The second kappa shape index (κ2) is 7.57. The van der Waals surface area contributed by atoms with Crippen LogP contribution in [0.5, 0.6) is 5.75 Å². The first-order chi connectivity index (χ1) is 12.7. The van der Waals surface area contributed by atoms with E-state index in [4.69, 9.17) is 21.1 Å². The predicted octanol–water partition coefficient (Wildman–Crippen LogP) is 3.44. The van der Waals surface area contributed by atoms with E-state index >= 15 is 0 Å². The molecule has 138 valence electrons. The summed E-state index contributed by atoms with van der Waals surface area (Å²) in [5, 5.41) is 20.3. The van der Waals surface area contributed by atoms with Crippen molar-refractivity contribution in [3.05, 3.63) is 63.7 Å². The monoisotopic (exact) mass is 374 g/mol. The molecule has 26 heavy (non-hydrogen) atoms. The molecule has 3 atom stereocenters. The van der Waals surface area contributed by atoms with Crippen molar-refractivity contribution in [1.82, 2.24) is 0 Å². The van der Waals surface area contributed by atoms with Crippen molar-refractivity contribution in [1.29, 1.82) is 0 Å². The normalized spacial score (nSPS) is 25.0. The highest BCUT2D eigenvalue weighted by Gasteiger charge is 2.33. The maximum absolute atomic E-state index is 10.2. The van der Waals surface area contributed by atoms with Crippen LogP contribution >= 0.6 is 11.6 Å². The van der Waals surface area contributed by atoms with Crippen LogP contribution in [0.3, 0.4) is 0 Å². The molecule has 5 heteroatoms. The van der Waals surface area contributed by atoms with Crippen molar-refractivity contribution in [2.24, 2.45) is 0 Å². The first-order valence-electron chi connectivity index (χ1n) is 9.11. The number of halogens is 1. The van der Waals surface area contributed by atoms with Crippen LogP contribution in [0.15, 0.2) is 36.4 Å². The van der Waals surface area contributed by atoms with Gasteiger partial charge in [-0.05, 0) is 23.1 Å². The number of hydrogen-bond donors (Lipinski definition) is 2. The summed E-state index contributed by atoms with van der Waals surface area (Å²) in [5.74, 6) is 0.749. The van der Waals surface area contributed by atoms with Crippen LogP contribution in [0.4, 0.5) is 0 Å². The van der Waals surface area contributed by atoms with Gasteiger partial charge < -0.3 is 19.7 Å². The van der Waals surface area contributed by atoms with E-state index in [9.17, 15) is 10.2 Å². The van der Waals surface area contributed by atoms with Gasteiger partial charge in [-0.25, -0.2) is 0 Å². The van der Waals surface area contributed by atoms with Crippen LogP contribution in [0, 0.1) is 0 Å². The molecule has 0 aromatic heterocycles. The maximum atomic E-state index is 10.2. The zero-order chi connectivity index (χ0) is 18.1. The van der Waals surface area contributed by atoms with E-state index in [-0.39, 0.29) is 18.8 Å². The third-order valence-corrected chi connectivity index (χ3v) is 5.61. The van der Waals surface area contributed by atoms with Gasteiger partial charge in [-0.1, -0.05) is 48.0 Å². The van der Waals surface area contributed by atoms with Crippen LogP contribution in [0.25, 0.3) is 0 Å². The van der Waals surface area contributed by atoms with Gasteiger partial charge in [-0.2, -0.15) is 0 Å². The minimum atomic E-state index is -0.475. The van der Waals surface area contributed by atoms with Gasteiger partial charge in [0.2, 0.25) is 0 Å². The molecular formula is C21H23ClO4. The Morgan fingerprint density at radius 2 is 1.96 bits per heavy atom. The highest BCUT2D eigenvalue weighted by molar-refractivity contribution is 6.33. The molecule has 2 heterocycles. The Bertz CT molecular complexity index is 777. The van der Waals surface area contributed by atoms with Crippen LogP contribution < -0.4 is 4.74 Å². The number of aliphatic hydroxyl groups is 2. The first kappa shape index (κ1) is 17.8. The summed E-state index contributed by atoms with van der Waals surface area (Å²) in [4.78, 5) is 0. The lowest BCUT2D eigenvalue weighted by Gasteiger charge is -2.33. The Morgan fingerprint density at radius 1 is 1.15 bits per heavy atom. The molecule has 0 amide bonds. The van der Waals surface area contributed by atoms with Gasteiger partial charge in [0.15, 0.2) is 0 Å². The number of aliphatic hydroxyl groups excluding tert-OH is 2. The summed E-state index contributed by atoms with van der Waals surface area (Å²) in [6.07, 6.45) is 1.42. The van der Waals surface area contributed by atoms with Crippen molar-refractivity contribution >= 4 is 11.6 Å². The molecule has 0 spiro atoms. The molecule has 1 saturated heterocycles. The minimum absolute atomic E-state index is 0.0866.